The van der Waals surface area contributed by atoms with Crippen LogP contribution in [-0.4, -0.2) is 43.2 Å². The van der Waals surface area contributed by atoms with E-state index in [9.17, 15) is 9.66 Å². The van der Waals surface area contributed by atoms with Crippen LogP contribution in [0.5, 0.6) is 0 Å². The summed E-state index contributed by atoms with van der Waals surface area (Å²) in [6, 6.07) is 9.45. The molecule has 1 saturated carbocycles. The van der Waals surface area contributed by atoms with Crippen molar-refractivity contribution < 1.29 is 14.4 Å². The summed E-state index contributed by atoms with van der Waals surface area (Å²) in [6.45, 7) is 6.53. The van der Waals surface area contributed by atoms with Crippen molar-refractivity contribution in [1.29, 1.82) is 0 Å². The zero-order valence-corrected chi connectivity index (χ0v) is 17.6. The molecular weight excluding hydrogens is 376 g/mol. The molecule has 0 spiro atoms. The molecule has 1 heterocycles. The minimum Gasteiger partial charge on any atom is -0.597 e. The summed E-state index contributed by atoms with van der Waals surface area (Å²) in [5.74, 6) is 0.406. The van der Waals surface area contributed by atoms with Crippen LogP contribution in [-0.2, 0) is 22.6 Å². The molecule has 154 valence electrons. The molecule has 2 fully saturated rings. The van der Waals surface area contributed by atoms with Crippen LogP contribution in [0.4, 0.5) is 0 Å². The Balaban J connectivity index is 1.85. The maximum absolute atomic E-state index is 13.5. The Morgan fingerprint density at radius 2 is 1.96 bits per heavy atom. The highest BCUT2D eigenvalue weighted by molar-refractivity contribution is 7.90. The lowest BCUT2D eigenvalue weighted by Crippen LogP contribution is -2.55. The molecule has 5 atom stereocenters. The van der Waals surface area contributed by atoms with Gasteiger partial charge < -0.3 is 14.4 Å². The van der Waals surface area contributed by atoms with E-state index in [1.165, 1.54) is 0 Å². The highest BCUT2D eigenvalue weighted by Crippen LogP contribution is 2.43. The Morgan fingerprint density at radius 1 is 1.29 bits per heavy atom. The van der Waals surface area contributed by atoms with E-state index in [0.717, 1.165) is 18.4 Å². The van der Waals surface area contributed by atoms with Gasteiger partial charge in [-0.1, -0.05) is 35.4 Å². The predicted molar refractivity (Wildman–Crippen MR) is 109 cm³/mol. The fourth-order valence-corrected chi connectivity index (χ4v) is 5.30. The average molecular weight is 407 g/mol. The van der Waals surface area contributed by atoms with Gasteiger partial charge in [-0.25, -0.2) is 0 Å². The number of nitrogens with zero attached hydrogens (tertiary/aromatic N) is 4. The van der Waals surface area contributed by atoms with Crippen molar-refractivity contribution in [2.24, 2.45) is 11.0 Å². The molecule has 1 aromatic carbocycles. The van der Waals surface area contributed by atoms with E-state index >= 15 is 0 Å². The number of aliphatic hydroxyl groups excluding tert-OH is 1. The molecule has 7 nitrogen and oxygen atoms in total. The minimum absolute atomic E-state index is 0.0399. The van der Waals surface area contributed by atoms with Crippen molar-refractivity contribution in [3.05, 3.63) is 46.3 Å². The summed E-state index contributed by atoms with van der Waals surface area (Å²) in [7, 11) is 0. The quantitative estimate of drug-likeness (QED) is 0.321. The Bertz CT molecular complexity index is 688. The molecule has 1 saturated heterocycles. The molecular formula is C20H30N4O3S. The van der Waals surface area contributed by atoms with E-state index in [1.807, 2.05) is 51.1 Å². The van der Waals surface area contributed by atoms with E-state index in [2.05, 4.69) is 14.3 Å². The van der Waals surface area contributed by atoms with Gasteiger partial charge in [-0.3, -0.25) is 0 Å². The normalized spacial score (nSPS) is 27.9. The maximum atomic E-state index is 13.5. The van der Waals surface area contributed by atoms with E-state index in [1.54, 1.807) is 0 Å². The number of aliphatic hydroxyl groups is 1. The molecule has 0 bridgehead atoms. The fourth-order valence-electron chi connectivity index (χ4n) is 3.80. The summed E-state index contributed by atoms with van der Waals surface area (Å²) in [5.41, 5.74) is 9.77. The summed E-state index contributed by atoms with van der Waals surface area (Å²) in [5, 5.41) is 13.9. The Hall–Kier alpha value is -1.28. The van der Waals surface area contributed by atoms with Gasteiger partial charge in [0.15, 0.2) is 6.29 Å². The third kappa shape index (κ3) is 5.20. The second kappa shape index (κ2) is 9.03. The predicted octanol–water partition coefficient (Wildman–Crippen LogP) is 3.91. The molecule has 0 amide bonds. The summed E-state index contributed by atoms with van der Waals surface area (Å²) >= 11 is -1.22. The first-order valence-electron chi connectivity index (χ1n) is 9.91. The van der Waals surface area contributed by atoms with E-state index in [-0.39, 0.29) is 12.1 Å². The van der Waals surface area contributed by atoms with Gasteiger partial charge in [0.2, 0.25) is 0 Å². The molecule has 0 radical (unpaired) electrons. The molecule has 0 aromatic heterocycles. The van der Waals surface area contributed by atoms with Crippen LogP contribution in [0.1, 0.15) is 52.0 Å². The number of benzene rings is 1. The van der Waals surface area contributed by atoms with Crippen LogP contribution in [0.2, 0.25) is 0 Å². The van der Waals surface area contributed by atoms with Crippen LogP contribution in [0.3, 0.4) is 0 Å². The molecule has 1 N–H and O–H groups in total. The third-order valence-electron chi connectivity index (χ3n) is 5.33. The minimum atomic E-state index is -1.22. The van der Waals surface area contributed by atoms with Crippen molar-refractivity contribution in [3.8, 4) is 0 Å². The van der Waals surface area contributed by atoms with Crippen LogP contribution < -0.4 is 0 Å². The van der Waals surface area contributed by atoms with Gasteiger partial charge in [0.25, 0.3) is 0 Å². The SMILES string of the molecule is CC(C)(C)[S+]([O-])N(Cc1ccccc1)[C@H](C1CC1)[C@@H]1CCC(N=[N+]=[N-])C(O)O1. The highest BCUT2D eigenvalue weighted by atomic mass is 32.2. The lowest BCUT2D eigenvalue weighted by molar-refractivity contribution is -0.187. The van der Waals surface area contributed by atoms with Gasteiger partial charge in [-0.15, -0.1) is 4.31 Å². The molecule has 28 heavy (non-hydrogen) atoms. The van der Waals surface area contributed by atoms with Gasteiger partial charge >= 0.3 is 0 Å². The molecule has 3 rings (SSSR count). The van der Waals surface area contributed by atoms with Crippen molar-refractivity contribution in [2.75, 3.05) is 0 Å². The fraction of sp³-hybridized carbons (Fsp3) is 0.700. The molecule has 1 aromatic rings. The third-order valence-corrected chi connectivity index (χ3v) is 7.17. The first kappa shape index (κ1) is 21.4. The van der Waals surface area contributed by atoms with Crippen LogP contribution in [0.25, 0.3) is 10.4 Å². The Morgan fingerprint density at radius 3 is 2.50 bits per heavy atom. The van der Waals surface area contributed by atoms with Gasteiger partial charge in [0, 0.05) is 16.3 Å². The maximum Gasteiger partial charge on any atom is 0.163 e. The van der Waals surface area contributed by atoms with Gasteiger partial charge in [-0.05, 0) is 63.5 Å². The van der Waals surface area contributed by atoms with E-state index in [4.69, 9.17) is 10.3 Å². The molecule has 3 unspecified atom stereocenters. The van der Waals surface area contributed by atoms with E-state index < -0.39 is 28.4 Å². The topological polar surface area (TPSA) is 105 Å². The van der Waals surface area contributed by atoms with Gasteiger partial charge in [0.1, 0.15) is 4.75 Å². The van der Waals surface area contributed by atoms with E-state index in [0.29, 0.717) is 25.3 Å². The average Bonchev–Trinajstić information content (AvgIpc) is 3.48. The zero-order chi connectivity index (χ0) is 20.3. The van der Waals surface area contributed by atoms with Crippen LogP contribution in [0, 0.1) is 5.92 Å². The Kier molecular flexibility index (Phi) is 6.91. The lowest BCUT2D eigenvalue weighted by atomic mass is 9.95. The number of azide groups is 1. The largest absolute Gasteiger partial charge is 0.597 e. The number of rotatable bonds is 7. The first-order valence-corrected chi connectivity index (χ1v) is 11.0. The number of hydrogen-bond acceptors (Lipinski definition) is 5. The van der Waals surface area contributed by atoms with Crippen molar-refractivity contribution in [3.63, 3.8) is 0 Å². The highest BCUT2D eigenvalue weighted by Gasteiger charge is 2.50. The summed E-state index contributed by atoms with van der Waals surface area (Å²) < 4.78 is 21.1. The van der Waals surface area contributed by atoms with Crippen molar-refractivity contribution in [1.82, 2.24) is 4.31 Å². The van der Waals surface area contributed by atoms with Crippen LogP contribution >= 0.6 is 0 Å². The monoisotopic (exact) mass is 406 g/mol. The lowest BCUT2D eigenvalue weighted by Gasteiger charge is -2.43. The van der Waals surface area contributed by atoms with Gasteiger partial charge in [-0.2, -0.15) is 0 Å². The zero-order valence-electron chi connectivity index (χ0n) is 16.8. The second-order valence-corrected chi connectivity index (χ2v) is 10.9. The van der Waals surface area contributed by atoms with Gasteiger partial charge in [0.05, 0.1) is 24.7 Å². The Labute approximate surface area is 170 Å². The molecule has 8 heteroatoms. The summed E-state index contributed by atoms with van der Waals surface area (Å²) in [4.78, 5) is 2.80. The first-order chi connectivity index (χ1) is 13.3. The summed E-state index contributed by atoms with van der Waals surface area (Å²) in [6.07, 6.45) is 2.05. The smallest absolute Gasteiger partial charge is 0.163 e. The molecule has 1 aliphatic carbocycles. The number of hydrogen-bond donors (Lipinski definition) is 1. The number of ether oxygens (including phenoxy) is 1. The van der Waals surface area contributed by atoms with Crippen molar-refractivity contribution >= 4 is 11.4 Å². The second-order valence-electron chi connectivity index (χ2n) is 8.67. The van der Waals surface area contributed by atoms with Crippen LogP contribution in [0.15, 0.2) is 35.4 Å². The standard InChI is InChI=1S/C20H30N4O3S/c1-20(2,3)28(26)24(13-14-7-5-4-6-8-14)18(15-9-10-15)17-12-11-16(22-23-21)19(25)27-17/h4-8,15-19,25H,9-13H2,1-3H3/t16?,17-,18+,19?,28?/m0/s1. The molecule has 2 aliphatic rings. The van der Waals surface area contributed by atoms with Crippen molar-refractivity contribution in [2.45, 2.75) is 82.2 Å². The molecule has 1 aliphatic heterocycles.